The van der Waals surface area contributed by atoms with Crippen LogP contribution in [0.5, 0.6) is 0 Å². The summed E-state index contributed by atoms with van der Waals surface area (Å²) in [6, 6.07) is 3.60. The summed E-state index contributed by atoms with van der Waals surface area (Å²) in [7, 11) is 0. The van der Waals surface area contributed by atoms with E-state index in [-0.39, 0.29) is 18.2 Å². The van der Waals surface area contributed by atoms with E-state index in [1.54, 1.807) is 24.5 Å². The number of aromatic nitrogens is 3. The number of carbonyl (C=O) groups is 1. The zero-order valence-electron chi connectivity index (χ0n) is 13.7. The quantitative estimate of drug-likeness (QED) is 0.802. The normalized spacial score (nSPS) is 13.8. The highest BCUT2D eigenvalue weighted by atomic mass is 16.5. The van der Waals surface area contributed by atoms with Gasteiger partial charge in [-0.05, 0) is 25.0 Å². The Hall–Kier alpha value is -2.28. The van der Waals surface area contributed by atoms with Crippen molar-refractivity contribution < 1.29 is 9.32 Å². The van der Waals surface area contributed by atoms with E-state index in [4.69, 9.17) is 10.3 Å². The van der Waals surface area contributed by atoms with E-state index in [9.17, 15) is 4.79 Å². The average Bonchev–Trinajstić information content (AvgIpc) is 3.02. The van der Waals surface area contributed by atoms with Crippen LogP contribution >= 0.6 is 0 Å². The van der Waals surface area contributed by atoms with Gasteiger partial charge in [-0.1, -0.05) is 19.0 Å². The second-order valence-corrected chi connectivity index (χ2v) is 6.07. The lowest BCUT2D eigenvalue weighted by atomic mass is 9.88. The fourth-order valence-electron chi connectivity index (χ4n) is 2.01. The first-order chi connectivity index (χ1) is 10.9. The van der Waals surface area contributed by atoms with Crippen molar-refractivity contribution in [3.8, 4) is 11.4 Å². The smallest absolute Gasteiger partial charge is 0.227 e. The van der Waals surface area contributed by atoms with Crippen molar-refractivity contribution in [2.75, 3.05) is 6.54 Å². The Balaban J connectivity index is 1.92. The topological polar surface area (TPSA) is 107 Å². The van der Waals surface area contributed by atoms with Crippen LogP contribution in [-0.2, 0) is 11.2 Å². The first-order valence-electron chi connectivity index (χ1n) is 7.68. The molecule has 1 unspecified atom stereocenters. The SMILES string of the molecule is CC(C)C(C)(CN)NC(=O)CCc1nc(-c2ccncc2)no1. The number of carbonyl (C=O) groups excluding carboxylic acids is 1. The molecule has 0 radical (unpaired) electrons. The first-order valence-corrected chi connectivity index (χ1v) is 7.68. The fraction of sp³-hybridized carbons (Fsp3) is 0.500. The summed E-state index contributed by atoms with van der Waals surface area (Å²) in [4.78, 5) is 20.3. The molecule has 0 spiro atoms. The minimum atomic E-state index is -0.409. The van der Waals surface area contributed by atoms with Crippen LogP contribution in [0.4, 0.5) is 0 Å². The van der Waals surface area contributed by atoms with Gasteiger partial charge in [0.2, 0.25) is 17.6 Å². The summed E-state index contributed by atoms with van der Waals surface area (Å²) >= 11 is 0. The van der Waals surface area contributed by atoms with E-state index >= 15 is 0 Å². The van der Waals surface area contributed by atoms with Crippen molar-refractivity contribution in [1.82, 2.24) is 20.4 Å². The molecule has 2 rings (SSSR count). The predicted octanol–water partition coefficient (Wildman–Crippen LogP) is 1.55. The van der Waals surface area contributed by atoms with Crippen LogP contribution in [0.15, 0.2) is 29.0 Å². The van der Waals surface area contributed by atoms with Crippen LogP contribution in [0, 0.1) is 5.92 Å². The fourth-order valence-corrected chi connectivity index (χ4v) is 2.01. The maximum atomic E-state index is 12.1. The molecule has 1 atom stereocenters. The molecule has 0 fully saturated rings. The molecule has 7 nitrogen and oxygen atoms in total. The Bertz CT molecular complexity index is 641. The van der Waals surface area contributed by atoms with Gasteiger partial charge in [0.05, 0.1) is 5.54 Å². The lowest BCUT2D eigenvalue weighted by molar-refractivity contribution is -0.123. The van der Waals surface area contributed by atoms with Gasteiger partial charge >= 0.3 is 0 Å². The molecule has 0 bridgehead atoms. The molecule has 124 valence electrons. The molecule has 0 aromatic carbocycles. The summed E-state index contributed by atoms with van der Waals surface area (Å²) in [5.74, 6) is 1.11. The zero-order valence-corrected chi connectivity index (χ0v) is 13.7. The third-order valence-electron chi connectivity index (χ3n) is 4.10. The standard InChI is InChI=1S/C16H23N5O2/c1-11(2)16(3,10-17)20-13(22)4-5-14-19-15(21-23-14)12-6-8-18-9-7-12/h6-9,11H,4-5,10,17H2,1-3H3,(H,20,22). The lowest BCUT2D eigenvalue weighted by Crippen LogP contribution is -2.55. The number of hydrogen-bond acceptors (Lipinski definition) is 6. The third kappa shape index (κ3) is 4.35. The highest BCUT2D eigenvalue weighted by Gasteiger charge is 2.28. The molecule has 0 aliphatic carbocycles. The lowest BCUT2D eigenvalue weighted by Gasteiger charge is -2.33. The second-order valence-electron chi connectivity index (χ2n) is 6.07. The van der Waals surface area contributed by atoms with E-state index in [0.29, 0.717) is 24.7 Å². The molecule has 3 N–H and O–H groups in total. The molecule has 0 aliphatic heterocycles. The van der Waals surface area contributed by atoms with E-state index < -0.39 is 5.54 Å². The maximum Gasteiger partial charge on any atom is 0.227 e. The molecule has 0 saturated carbocycles. The summed E-state index contributed by atoms with van der Waals surface area (Å²) in [6.45, 7) is 6.41. The zero-order chi connectivity index (χ0) is 16.9. The van der Waals surface area contributed by atoms with Gasteiger partial charge < -0.3 is 15.6 Å². The van der Waals surface area contributed by atoms with Gasteiger partial charge in [-0.2, -0.15) is 4.98 Å². The Morgan fingerprint density at radius 2 is 2.09 bits per heavy atom. The van der Waals surface area contributed by atoms with Crippen LogP contribution in [-0.4, -0.2) is 33.1 Å². The number of rotatable bonds is 7. The number of nitrogens with two attached hydrogens (primary N) is 1. The Kier molecular flexibility index (Phi) is 5.44. The van der Waals surface area contributed by atoms with Crippen LogP contribution in [0.25, 0.3) is 11.4 Å². The number of amides is 1. The Morgan fingerprint density at radius 1 is 1.39 bits per heavy atom. The van der Waals surface area contributed by atoms with Crippen molar-refractivity contribution in [2.24, 2.45) is 11.7 Å². The van der Waals surface area contributed by atoms with Crippen molar-refractivity contribution in [3.05, 3.63) is 30.4 Å². The van der Waals surface area contributed by atoms with Crippen molar-refractivity contribution in [3.63, 3.8) is 0 Å². The number of hydrogen-bond donors (Lipinski definition) is 2. The number of nitrogens with one attached hydrogen (secondary N) is 1. The van der Waals surface area contributed by atoms with Gasteiger partial charge in [0, 0.05) is 37.3 Å². The average molecular weight is 317 g/mol. The minimum Gasteiger partial charge on any atom is -0.349 e. The summed E-state index contributed by atoms with van der Waals surface area (Å²) < 4.78 is 5.19. The molecule has 0 aliphatic rings. The molecule has 1 amide bonds. The van der Waals surface area contributed by atoms with Gasteiger partial charge in [-0.25, -0.2) is 0 Å². The van der Waals surface area contributed by atoms with Crippen molar-refractivity contribution >= 4 is 5.91 Å². The van der Waals surface area contributed by atoms with Crippen LogP contribution in [0.2, 0.25) is 0 Å². The highest BCUT2D eigenvalue weighted by Crippen LogP contribution is 2.16. The van der Waals surface area contributed by atoms with Crippen LogP contribution in [0.3, 0.4) is 0 Å². The number of aryl methyl sites for hydroxylation is 1. The Morgan fingerprint density at radius 3 is 2.70 bits per heavy atom. The van der Waals surface area contributed by atoms with E-state index in [0.717, 1.165) is 5.56 Å². The predicted molar refractivity (Wildman–Crippen MR) is 86.3 cm³/mol. The molecule has 2 aromatic rings. The molecular weight excluding hydrogens is 294 g/mol. The van der Waals surface area contributed by atoms with E-state index in [1.807, 2.05) is 20.8 Å². The molecule has 2 heterocycles. The van der Waals surface area contributed by atoms with Gasteiger partial charge in [-0.3, -0.25) is 9.78 Å². The van der Waals surface area contributed by atoms with E-state index in [1.165, 1.54) is 0 Å². The minimum absolute atomic E-state index is 0.0738. The highest BCUT2D eigenvalue weighted by molar-refractivity contribution is 5.77. The van der Waals surface area contributed by atoms with Crippen LogP contribution in [0.1, 0.15) is 33.1 Å². The van der Waals surface area contributed by atoms with Gasteiger partial charge in [0.25, 0.3) is 0 Å². The number of nitrogens with zero attached hydrogens (tertiary/aromatic N) is 3. The maximum absolute atomic E-state index is 12.1. The van der Waals surface area contributed by atoms with E-state index in [2.05, 4.69) is 20.4 Å². The van der Waals surface area contributed by atoms with Gasteiger partial charge in [-0.15, -0.1) is 0 Å². The van der Waals surface area contributed by atoms with Crippen molar-refractivity contribution in [2.45, 2.75) is 39.2 Å². The molecule has 0 saturated heterocycles. The second kappa shape index (κ2) is 7.32. The van der Waals surface area contributed by atoms with Crippen molar-refractivity contribution in [1.29, 1.82) is 0 Å². The van der Waals surface area contributed by atoms with Gasteiger partial charge in [0.1, 0.15) is 0 Å². The summed E-state index contributed by atoms with van der Waals surface area (Å²) in [5, 5.41) is 6.91. The third-order valence-corrected chi connectivity index (χ3v) is 4.10. The first kappa shape index (κ1) is 17.1. The molecule has 2 aromatic heterocycles. The number of pyridine rings is 1. The Labute approximate surface area is 135 Å². The summed E-state index contributed by atoms with van der Waals surface area (Å²) in [6.07, 6.45) is 4.00. The largest absolute Gasteiger partial charge is 0.349 e. The molecule has 7 heteroatoms. The van der Waals surface area contributed by atoms with Crippen LogP contribution < -0.4 is 11.1 Å². The van der Waals surface area contributed by atoms with Gasteiger partial charge in [0.15, 0.2) is 0 Å². The molecular formula is C16H23N5O2. The monoisotopic (exact) mass is 317 g/mol. The molecule has 23 heavy (non-hydrogen) atoms. The summed E-state index contributed by atoms with van der Waals surface area (Å²) in [5.41, 5.74) is 6.19.